The lowest BCUT2D eigenvalue weighted by atomic mass is 10.2. The summed E-state index contributed by atoms with van der Waals surface area (Å²) >= 11 is 0. The van der Waals surface area contributed by atoms with Crippen molar-refractivity contribution in [3.05, 3.63) is 78.4 Å². The van der Waals surface area contributed by atoms with Crippen molar-refractivity contribution < 1.29 is 4.74 Å². The normalized spacial score (nSPS) is 10.9. The summed E-state index contributed by atoms with van der Waals surface area (Å²) < 4.78 is 5.73. The fourth-order valence-electron chi connectivity index (χ4n) is 1.78. The Labute approximate surface area is 122 Å². The van der Waals surface area contributed by atoms with Crippen LogP contribution in [0.4, 0.5) is 0 Å². The number of benzene rings is 2. The molecule has 0 radical (unpaired) electrons. The molecule has 0 amide bonds. The number of nitrogens with zero attached hydrogens (tertiary/aromatic N) is 4. The quantitative estimate of drug-likeness (QED) is 0.674. The Morgan fingerprint density at radius 3 is 2.57 bits per heavy atom. The van der Waals surface area contributed by atoms with Crippen LogP contribution in [0.2, 0.25) is 0 Å². The number of aromatic nitrogens is 3. The molecule has 2 aromatic carbocycles. The smallest absolute Gasteiger partial charge is 0.139 e. The molecule has 0 bridgehead atoms. The van der Waals surface area contributed by atoms with Gasteiger partial charge in [-0.25, -0.2) is 4.98 Å². The molecule has 5 nitrogen and oxygen atoms in total. The molecule has 0 aliphatic heterocycles. The summed E-state index contributed by atoms with van der Waals surface area (Å²) in [5.74, 6) is 0.830. The van der Waals surface area contributed by atoms with E-state index >= 15 is 0 Å². The molecular formula is C16H14N4O. The third-order valence-electron chi connectivity index (χ3n) is 2.86. The van der Waals surface area contributed by atoms with Crippen LogP contribution in [0.25, 0.3) is 0 Å². The minimum Gasteiger partial charge on any atom is -0.489 e. The van der Waals surface area contributed by atoms with Crippen molar-refractivity contribution in [3.8, 4) is 5.75 Å². The summed E-state index contributed by atoms with van der Waals surface area (Å²) in [7, 11) is 0. The zero-order chi connectivity index (χ0) is 14.3. The van der Waals surface area contributed by atoms with E-state index in [0.717, 1.165) is 16.9 Å². The van der Waals surface area contributed by atoms with E-state index in [9.17, 15) is 0 Å². The standard InChI is InChI=1S/C16H14N4O/c1-2-4-15(5-3-1)11-21-16-8-6-14(7-9-16)10-18-20-13-17-12-19-20/h1-10,12-13H,11H2/b18-10+. The number of ether oxygens (including phenoxy) is 1. The second-order valence-electron chi connectivity index (χ2n) is 4.40. The lowest BCUT2D eigenvalue weighted by Gasteiger charge is -2.06. The largest absolute Gasteiger partial charge is 0.489 e. The van der Waals surface area contributed by atoms with Gasteiger partial charge < -0.3 is 4.74 Å². The van der Waals surface area contributed by atoms with Gasteiger partial charge in [0.25, 0.3) is 0 Å². The van der Waals surface area contributed by atoms with Crippen molar-refractivity contribution in [2.24, 2.45) is 5.10 Å². The van der Waals surface area contributed by atoms with Gasteiger partial charge in [0.15, 0.2) is 0 Å². The molecule has 0 aliphatic rings. The zero-order valence-corrected chi connectivity index (χ0v) is 11.3. The van der Waals surface area contributed by atoms with E-state index < -0.39 is 0 Å². The maximum Gasteiger partial charge on any atom is 0.139 e. The van der Waals surface area contributed by atoms with Crippen LogP contribution in [-0.4, -0.2) is 21.1 Å². The Kier molecular flexibility index (Phi) is 4.02. The number of hydrogen-bond donors (Lipinski definition) is 0. The van der Waals surface area contributed by atoms with Gasteiger partial charge in [0.05, 0.1) is 6.21 Å². The third kappa shape index (κ3) is 3.76. The molecular weight excluding hydrogens is 264 g/mol. The highest BCUT2D eigenvalue weighted by molar-refractivity contribution is 5.79. The fourth-order valence-corrected chi connectivity index (χ4v) is 1.78. The maximum atomic E-state index is 5.73. The van der Waals surface area contributed by atoms with E-state index in [1.165, 1.54) is 17.4 Å². The average Bonchev–Trinajstić information content (AvgIpc) is 3.06. The second-order valence-corrected chi connectivity index (χ2v) is 4.40. The first-order valence-electron chi connectivity index (χ1n) is 6.56. The van der Waals surface area contributed by atoms with E-state index in [1.807, 2.05) is 54.6 Å². The van der Waals surface area contributed by atoms with Crippen LogP contribution in [0.5, 0.6) is 5.75 Å². The highest BCUT2D eigenvalue weighted by Crippen LogP contribution is 2.13. The van der Waals surface area contributed by atoms with Crippen LogP contribution in [0.3, 0.4) is 0 Å². The molecule has 3 aromatic rings. The lowest BCUT2D eigenvalue weighted by Crippen LogP contribution is -1.95. The van der Waals surface area contributed by atoms with Crippen LogP contribution in [0.15, 0.2) is 72.4 Å². The second kappa shape index (κ2) is 6.47. The SMILES string of the molecule is C(=N\n1cncn1)/c1ccc(OCc2ccccc2)cc1. The third-order valence-corrected chi connectivity index (χ3v) is 2.86. The van der Waals surface area contributed by atoms with Gasteiger partial charge in [-0.2, -0.15) is 5.10 Å². The predicted molar refractivity (Wildman–Crippen MR) is 80.2 cm³/mol. The van der Waals surface area contributed by atoms with Crippen molar-refractivity contribution in [2.45, 2.75) is 6.61 Å². The van der Waals surface area contributed by atoms with Crippen LogP contribution >= 0.6 is 0 Å². The molecule has 104 valence electrons. The van der Waals surface area contributed by atoms with Crippen LogP contribution < -0.4 is 4.74 Å². The highest BCUT2D eigenvalue weighted by atomic mass is 16.5. The molecule has 1 heterocycles. The van der Waals surface area contributed by atoms with Gasteiger partial charge in [0, 0.05) is 0 Å². The average molecular weight is 278 g/mol. The van der Waals surface area contributed by atoms with Crippen molar-refractivity contribution >= 4 is 6.21 Å². The van der Waals surface area contributed by atoms with Gasteiger partial charge in [-0.05, 0) is 35.4 Å². The molecule has 0 fully saturated rings. The van der Waals surface area contributed by atoms with Crippen LogP contribution in [0.1, 0.15) is 11.1 Å². The van der Waals surface area contributed by atoms with Gasteiger partial charge in [0.2, 0.25) is 0 Å². The lowest BCUT2D eigenvalue weighted by molar-refractivity contribution is 0.306. The Hall–Kier alpha value is -2.95. The van der Waals surface area contributed by atoms with E-state index in [1.54, 1.807) is 6.21 Å². The molecule has 21 heavy (non-hydrogen) atoms. The molecule has 0 atom stereocenters. The summed E-state index contributed by atoms with van der Waals surface area (Å²) in [5, 5.41) is 8.03. The van der Waals surface area contributed by atoms with E-state index in [4.69, 9.17) is 4.74 Å². The monoisotopic (exact) mass is 278 g/mol. The first kappa shape index (κ1) is 13.1. The minimum atomic E-state index is 0.563. The molecule has 3 rings (SSSR count). The number of hydrogen-bond acceptors (Lipinski definition) is 4. The van der Waals surface area contributed by atoms with Crippen molar-refractivity contribution in [1.82, 2.24) is 14.9 Å². The fraction of sp³-hybridized carbons (Fsp3) is 0.0625. The van der Waals surface area contributed by atoms with Gasteiger partial charge in [-0.1, -0.05) is 30.3 Å². The van der Waals surface area contributed by atoms with E-state index in [2.05, 4.69) is 15.2 Å². The first-order chi connectivity index (χ1) is 10.4. The summed E-state index contributed by atoms with van der Waals surface area (Å²) in [4.78, 5) is 5.22. The van der Waals surface area contributed by atoms with Crippen molar-refractivity contribution in [2.75, 3.05) is 0 Å². The molecule has 1 aromatic heterocycles. The van der Waals surface area contributed by atoms with Crippen molar-refractivity contribution in [3.63, 3.8) is 0 Å². The topological polar surface area (TPSA) is 52.3 Å². The summed E-state index contributed by atoms with van der Waals surface area (Å²) in [6, 6.07) is 17.8. The van der Waals surface area contributed by atoms with Crippen LogP contribution in [-0.2, 0) is 6.61 Å². The Morgan fingerprint density at radius 1 is 1.05 bits per heavy atom. The van der Waals surface area contributed by atoms with Crippen LogP contribution in [0, 0.1) is 0 Å². The Morgan fingerprint density at radius 2 is 1.86 bits per heavy atom. The summed E-state index contributed by atoms with van der Waals surface area (Å²) in [6.45, 7) is 0.563. The van der Waals surface area contributed by atoms with Gasteiger partial charge >= 0.3 is 0 Å². The zero-order valence-electron chi connectivity index (χ0n) is 11.3. The highest BCUT2D eigenvalue weighted by Gasteiger charge is 1.96. The van der Waals surface area contributed by atoms with E-state index in [-0.39, 0.29) is 0 Å². The van der Waals surface area contributed by atoms with Gasteiger partial charge in [-0.3, -0.25) is 0 Å². The summed E-state index contributed by atoms with van der Waals surface area (Å²) in [5.41, 5.74) is 2.12. The summed E-state index contributed by atoms with van der Waals surface area (Å²) in [6.07, 6.45) is 4.70. The van der Waals surface area contributed by atoms with Gasteiger partial charge in [-0.15, -0.1) is 9.89 Å². The van der Waals surface area contributed by atoms with E-state index in [0.29, 0.717) is 6.61 Å². The molecule has 0 saturated carbocycles. The molecule has 0 N–H and O–H groups in total. The molecule has 0 unspecified atom stereocenters. The molecule has 0 spiro atoms. The van der Waals surface area contributed by atoms with Gasteiger partial charge in [0.1, 0.15) is 25.0 Å². The Balaban J connectivity index is 1.59. The Bertz CT molecular complexity index is 691. The van der Waals surface area contributed by atoms with Crippen molar-refractivity contribution in [1.29, 1.82) is 0 Å². The maximum absolute atomic E-state index is 5.73. The number of rotatable bonds is 5. The molecule has 0 aliphatic carbocycles. The predicted octanol–water partition coefficient (Wildman–Crippen LogP) is 2.74. The molecule has 0 saturated heterocycles. The molecule has 5 heteroatoms. The minimum absolute atomic E-state index is 0.563. The first-order valence-corrected chi connectivity index (χ1v) is 6.56.